The van der Waals surface area contributed by atoms with Crippen LogP contribution in [-0.4, -0.2) is 43.7 Å². The SMILES string of the molecule is c1ccc(CCSCc2ccc(-c3ccc(OCN4CCOCC4)cc3)cc2)cc1. The Labute approximate surface area is 184 Å². The van der Waals surface area contributed by atoms with E-state index < -0.39 is 0 Å². The van der Waals surface area contributed by atoms with Crippen LogP contribution < -0.4 is 4.74 Å². The molecule has 4 rings (SSSR count). The third kappa shape index (κ3) is 6.36. The molecular formula is C26H29NO2S. The van der Waals surface area contributed by atoms with Crippen molar-refractivity contribution in [3.63, 3.8) is 0 Å². The highest BCUT2D eigenvalue weighted by Gasteiger charge is 2.10. The molecule has 0 bridgehead atoms. The van der Waals surface area contributed by atoms with Gasteiger partial charge in [-0.2, -0.15) is 11.8 Å². The largest absolute Gasteiger partial charge is 0.478 e. The van der Waals surface area contributed by atoms with Gasteiger partial charge in [0.15, 0.2) is 0 Å². The highest BCUT2D eigenvalue weighted by molar-refractivity contribution is 7.98. The van der Waals surface area contributed by atoms with Crippen LogP contribution in [0.25, 0.3) is 11.1 Å². The fourth-order valence-electron chi connectivity index (χ4n) is 3.46. The van der Waals surface area contributed by atoms with E-state index in [-0.39, 0.29) is 0 Å². The Morgan fingerprint density at radius 3 is 2.13 bits per heavy atom. The van der Waals surface area contributed by atoms with Crippen molar-refractivity contribution >= 4 is 11.8 Å². The van der Waals surface area contributed by atoms with Gasteiger partial charge in [-0.25, -0.2) is 0 Å². The standard InChI is InChI=1S/C26H29NO2S/c1-2-4-22(5-3-1)14-19-30-20-23-6-8-24(9-7-23)25-10-12-26(13-11-25)29-21-27-15-17-28-18-16-27/h1-13H,14-21H2. The molecule has 1 saturated heterocycles. The summed E-state index contributed by atoms with van der Waals surface area (Å²) in [7, 11) is 0. The Hall–Kier alpha value is -2.27. The monoisotopic (exact) mass is 419 g/mol. The van der Waals surface area contributed by atoms with Gasteiger partial charge in [-0.15, -0.1) is 0 Å². The van der Waals surface area contributed by atoms with Crippen molar-refractivity contribution in [1.82, 2.24) is 4.90 Å². The van der Waals surface area contributed by atoms with E-state index in [0.717, 1.165) is 50.0 Å². The van der Waals surface area contributed by atoms with Gasteiger partial charge in [0, 0.05) is 18.8 Å². The van der Waals surface area contributed by atoms with Crippen molar-refractivity contribution in [3.05, 3.63) is 90.0 Å². The molecule has 156 valence electrons. The minimum atomic E-state index is 0.624. The van der Waals surface area contributed by atoms with Gasteiger partial charge in [-0.05, 0) is 46.6 Å². The number of hydrogen-bond donors (Lipinski definition) is 0. The van der Waals surface area contributed by atoms with Crippen LogP contribution in [0.1, 0.15) is 11.1 Å². The maximum atomic E-state index is 5.91. The van der Waals surface area contributed by atoms with E-state index in [2.05, 4.69) is 83.8 Å². The lowest BCUT2D eigenvalue weighted by Gasteiger charge is -2.26. The van der Waals surface area contributed by atoms with Crippen molar-refractivity contribution in [3.8, 4) is 16.9 Å². The fourth-order valence-corrected chi connectivity index (χ4v) is 4.41. The van der Waals surface area contributed by atoms with Crippen LogP contribution in [0.4, 0.5) is 0 Å². The number of thioether (sulfide) groups is 1. The molecule has 30 heavy (non-hydrogen) atoms. The van der Waals surface area contributed by atoms with E-state index in [9.17, 15) is 0 Å². The smallest absolute Gasteiger partial charge is 0.142 e. The van der Waals surface area contributed by atoms with E-state index in [1.165, 1.54) is 22.3 Å². The second kappa shape index (κ2) is 11.2. The van der Waals surface area contributed by atoms with Crippen LogP contribution in [0, 0.1) is 0 Å². The Bertz CT molecular complexity index is 875. The minimum absolute atomic E-state index is 0.624. The summed E-state index contributed by atoms with van der Waals surface area (Å²) in [5.74, 6) is 3.12. The summed E-state index contributed by atoms with van der Waals surface area (Å²) in [4.78, 5) is 2.27. The van der Waals surface area contributed by atoms with Gasteiger partial charge in [0.05, 0.1) is 13.2 Å². The van der Waals surface area contributed by atoms with Crippen molar-refractivity contribution < 1.29 is 9.47 Å². The predicted molar refractivity (Wildman–Crippen MR) is 126 cm³/mol. The van der Waals surface area contributed by atoms with Crippen LogP contribution in [-0.2, 0) is 16.9 Å². The number of benzene rings is 3. The fraction of sp³-hybridized carbons (Fsp3) is 0.308. The third-order valence-electron chi connectivity index (χ3n) is 5.31. The third-order valence-corrected chi connectivity index (χ3v) is 6.34. The van der Waals surface area contributed by atoms with Crippen LogP contribution in [0.2, 0.25) is 0 Å². The Morgan fingerprint density at radius 2 is 1.43 bits per heavy atom. The summed E-state index contributed by atoms with van der Waals surface area (Å²) in [6, 6.07) is 28.0. The van der Waals surface area contributed by atoms with Crippen LogP contribution in [0.5, 0.6) is 5.75 Å². The molecule has 0 N–H and O–H groups in total. The number of morpholine rings is 1. The molecule has 1 aliphatic rings. The summed E-state index contributed by atoms with van der Waals surface area (Å²) in [5.41, 5.74) is 5.25. The zero-order chi connectivity index (χ0) is 20.4. The Morgan fingerprint density at radius 1 is 0.767 bits per heavy atom. The topological polar surface area (TPSA) is 21.7 Å². The molecule has 0 aromatic heterocycles. The second-order valence-corrected chi connectivity index (χ2v) is 8.62. The highest BCUT2D eigenvalue weighted by Crippen LogP contribution is 2.24. The van der Waals surface area contributed by atoms with Crippen molar-refractivity contribution in [2.75, 3.05) is 38.8 Å². The van der Waals surface area contributed by atoms with Gasteiger partial charge in [0.2, 0.25) is 0 Å². The molecule has 1 fully saturated rings. The zero-order valence-electron chi connectivity index (χ0n) is 17.3. The quantitative estimate of drug-likeness (QED) is 0.427. The van der Waals surface area contributed by atoms with Crippen LogP contribution in [0.15, 0.2) is 78.9 Å². The molecule has 0 spiro atoms. The first kappa shape index (κ1) is 21.0. The predicted octanol–water partition coefficient (Wildman–Crippen LogP) is 5.50. The first-order chi connectivity index (χ1) is 14.9. The lowest BCUT2D eigenvalue weighted by Crippen LogP contribution is -2.38. The number of rotatable bonds is 9. The number of ether oxygens (including phenoxy) is 2. The molecule has 1 heterocycles. The van der Waals surface area contributed by atoms with Crippen LogP contribution >= 0.6 is 11.8 Å². The summed E-state index contributed by atoms with van der Waals surface area (Å²) < 4.78 is 11.3. The number of nitrogens with zero attached hydrogens (tertiary/aromatic N) is 1. The van der Waals surface area contributed by atoms with Gasteiger partial charge < -0.3 is 9.47 Å². The Kier molecular flexibility index (Phi) is 7.84. The zero-order valence-corrected chi connectivity index (χ0v) is 18.2. The van der Waals surface area contributed by atoms with Crippen molar-refractivity contribution in [2.24, 2.45) is 0 Å². The summed E-state index contributed by atoms with van der Waals surface area (Å²) in [6.07, 6.45) is 1.13. The van der Waals surface area contributed by atoms with E-state index in [0.29, 0.717) is 6.73 Å². The summed E-state index contributed by atoms with van der Waals surface area (Å²) >= 11 is 1.99. The lowest BCUT2D eigenvalue weighted by atomic mass is 10.0. The first-order valence-corrected chi connectivity index (χ1v) is 11.8. The molecule has 3 aromatic carbocycles. The highest BCUT2D eigenvalue weighted by atomic mass is 32.2. The van der Waals surface area contributed by atoms with Crippen LogP contribution in [0.3, 0.4) is 0 Å². The van der Waals surface area contributed by atoms with E-state index in [1.54, 1.807) is 0 Å². The molecule has 0 aliphatic carbocycles. The van der Waals surface area contributed by atoms with Crippen molar-refractivity contribution in [2.45, 2.75) is 12.2 Å². The maximum absolute atomic E-state index is 5.91. The van der Waals surface area contributed by atoms with E-state index >= 15 is 0 Å². The first-order valence-electron chi connectivity index (χ1n) is 10.6. The molecule has 0 amide bonds. The molecular weight excluding hydrogens is 390 g/mol. The molecule has 3 aromatic rings. The van der Waals surface area contributed by atoms with Gasteiger partial charge >= 0.3 is 0 Å². The molecule has 4 heteroatoms. The van der Waals surface area contributed by atoms with E-state index in [4.69, 9.17) is 9.47 Å². The average Bonchev–Trinajstić information content (AvgIpc) is 2.83. The van der Waals surface area contributed by atoms with E-state index in [1.807, 2.05) is 11.8 Å². The van der Waals surface area contributed by atoms with Gasteiger partial charge in [-0.1, -0.05) is 66.7 Å². The lowest BCUT2D eigenvalue weighted by molar-refractivity contribution is 0.00408. The minimum Gasteiger partial charge on any atom is -0.478 e. The summed E-state index contributed by atoms with van der Waals surface area (Å²) in [5, 5.41) is 0. The Balaban J connectivity index is 1.23. The molecule has 0 radical (unpaired) electrons. The molecule has 0 atom stereocenters. The summed E-state index contributed by atoms with van der Waals surface area (Å²) in [6.45, 7) is 4.09. The average molecular weight is 420 g/mol. The second-order valence-electron chi connectivity index (χ2n) is 7.51. The van der Waals surface area contributed by atoms with Gasteiger partial charge in [-0.3, -0.25) is 4.90 Å². The van der Waals surface area contributed by atoms with Gasteiger partial charge in [0.1, 0.15) is 12.5 Å². The number of hydrogen-bond acceptors (Lipinski definition) is 4. The maximum Gasteiger partial charge on any atom is 0.142 e. The van der Waals surface area contributed by atoms with Gasteiger partial charge in [0.25, 0.3) is 0 Å². The molecule has 3 nitrogen and oxygen atoms in total. The number of aryl methyl sites for hydroxylation is 1. The van der Waals surface area contributed by atoms with Crippen molar-refractivity contribution in [1.29, 1.82) is 0 Å². The normalized spacial score (nSPS) is 14.5. The molecule has 0 unspecified atom stereocenters. The molecule has 1 aliphatic heterocycles. The molecule has 0 saturated carbocycles.